The Morgan fingerprint density at radius 1 is 1.53 bits per heavy atom. The van der Waals surface area contributed by atoms with E-state index in [4.69, 9.17) is 5.73 Å². The maximum absolute atomic E-state index is 11.8. The number of rotatable bonds is 5. The highest BCUT2D eigenvalue weighted by Crippen LogP contribution is 2.17. The van der Waals surface area contributed by atoms with Crippen molar-refractivity contribution in [3.05, 3.63) is 12.2 Å². The maximum Gasteiger partial charge on any atom is 0.227 e. The molecule has 0 aliphatic heterocycles. The summed E-state index contributed by atoms with van der Waals surface area (Å²) in [5, 5.41) is 3.08. The zero-order valence-corrected chi connectivity index (χ0v) is 9.70. The summed E-state index contributed by atoms with van der Waals surface area (Å²) >= 11 is 0. The summed E-state index contributed by atoms with van der Waals surface area (Å²) < 4.78 is 0. The molecule has 0 spiro atoms. The molecule has 1 amide bonds. The number of nitrogens with one attached hydrogen (secondary N) is 1. The summed E-state index contributed by atoms with van der Waals surface area (Å²) in [5.41, 5.74) is 5.72. The molecule has 15 heavy (non-hydrogen) atoms. The molecule has 86 valence electrons. The van der Waals surface area contributed by atoms with Crippen LogP contribution in [0.1, 0.15) is 39.5 Å². The van der Waals surface area contributed by atoms with E-state index >= 15 is 0 Å². The molecule has 0 aromatic carbocycles. The summed E-state index contributed by atoms with van der Waals surface area (Å²) in [7, 11) is 0. The van der Waals surface area contributed by atoms with E-state index in [9.17, 15) is 4.79 Å². The zero-order valence-electron chi connectivity index (χ0n) is 9.70. The Hall–Kier alpha value is -0.830. The number of amides is 1. The fourth-order valence-electron chi connectivity index (χ4n) is 1.96. The van der Waals surface area contributed by atoms with Crippen LogP contribution >= 0.6 is 0 Å². The van der Waals surface area contributed by atoms with Gasteiger partial charge in [-0.25, -0.2) is 0 Å². The number of carbonyl (C=O) groups excluding carboxylic acids is 1. The van der Waals surface area contributed by atoms with Gasteiger partial charge in [-0.3, -0.25) is 4.79 Å². The van der Waals surface area contributed by atoms with Crippen LogP contribution in [0, 0.1) is 5.92 Å². The minimum Gasteiger partial charge on any atom is -0.353 e. The molecule has 3 heteroatoms. The largest absolute Gasteiger partial charge is 0.353 e. The lowest BCUT2D eigenvalue weighted by Crippen LogP contribution is -2.38. The van der Waals surface area contributed by atoms with Crippen LogP contribution in [-0.4, -0.2) is 18.0 Å². The Morgan fingerprint density at radius 2 is 2.27 bits per heavy atom. The fourth-order valence-corrected chi connectivity index (χ4v) is 1.96. The molecule has 0 radical (unpaired) electrons. The summed E-state index contributed by atoms with van der Waals surface area (Å²) in [6.07, 6.45) is 7.78. The molecule has 1 aliphatic rings. The number of nitrogens with two attached hydrogens (primary N) is 1. The first-order valence-electron chi connectivity index (χ1n) is 5.91. The van der Waals surface area contributed by atoms with Crippen molar-refractivity contribution in [2.45, 2.75) is 51.6 Å². The first-order valence-corrected chi connectivity index (χ1v) is 5.91. The lowest BCUT2D eigenvalue weighted by molar-refractivity contribution is -0.124. The molecule has 0 fully saturated rings. The van der Waals surface area contributed by atoms with Crippen LogP contribution in [0.5, 0.6) is 0 Å². The monoisotopic (exact) mass is 210 g/mol. The van der Waals surface area contributed by atoms with Gasteiger partial charge in [-0.15, -0.1) is 0 Å². The first-order chi connectivity index (χ1) is 7.17. The minimum absolute atomic E-state index is 0.00842. The Labute approximate surface area is 92.1 Å². The topological polar surface area (TPSA) is 55.1 Å². The van der Waals surface area contributed by atoms with Crippen LogP contribution in [0.25, 0.3) is 0 Å². The summed E-state index contributed by atoms with van der Waals surface area (Å²) in [4.78, 5) is 11.8. The quantitative estimate of drug-likeness (QED) is 0.677. The number of carbonyl (C=O) groups is 1. The molecular weight excluding hydrogens is 188 g/mol. The maximum atomic E-state index is 11.8. The lowest BCUT2D eigenvalue weighted by atomic mass is 10.0. The molecule has 0 aromatic heterocycles. The van der Waals surface area contributed by atoms with Crippen molar-refractivity contribution in [3.8, 4) is 0 Å². The van der Waals surface area contributed by atoms with Crippen molar-refractivity contribution in [2.24, 2.45) is 11.7 Å². The van der Waals surface area contributed by atoms with Gasteiger partial charge in [0, 0.05) is 12.1 Å². The second-order valence-electron chi connectivity index (χ2n) is 4.29. The Balaban J connectivity index is 2.37. The van der Waals surface area contributed by atoms with Gasteiger partial charge in [0.1, 0.15) is 0 Å². The molecular formula is C12H22N2O. The summed E-state index contributed by atoms with van der Waals surface area (Å²) in [6, 6.07) is 0.389. The van der Waals surface area contributed by atoms with Gasteiger partial charge >= 0.3 is 0 Å². The van der Waals surface area contributed by atoms with Gasteiger partial charge in [0.05, 0.1) is 5.92 Å². The van der Waals surface area contributed by atoms with Gasteiger partial charge < -0.3 is 11.1 Å². The van der Waals surface area contributed by atoms with E-state index in [1.54, 1.807) is 0 Å². The van der Waals surface area contributed by atoms with Crippen molar-refractivity contribution < 1.29 is 4.79 Å². The fraction of sp³-hybridized carbons (Fsp3) is 0.750. The van der Waals surface area contributed by atoms with Crippen molar-refractivity contribution in [1.82, 2.24) is 5.32 Å². The lowest BCUT2D eigenvalue weighted by Gasteiger charge is -2.18. The molecule has 0 bridgehead atoms. The highest BCUT2D eigenvalue weighted by atomic mass is 16.1. The zero-order chi connectivity index (χ0) is 11.3. The molecule has 3 atom stereocenters. The van der Waals surface area contributed by atoms with E-state index < -0.39 is 0 Å². The Morgan fingerprint density at radius 3 is 2.73 bits per heavy atom. The highest BCUT2D eigenvalue weighted by molar-refractivity contribution is 5.81. The number of hydrogen-bond acceptors (Lipinski definition) is 2. The normalized spacial score (nSPS) is 26.6. The van der Waals surface area contributed by atoms with E-state index in [1.165, 1.54) is 0 Å². The van der Waals surface area contributed by atoms with Gasteiger partial charge in [-0.2, -0.15) is 0 Å². The van der Waals surface area contributed by atoms with E-state index in [0.29, 0.717) is 6.04 Å². The second-order valence-corrected chi connectivity index (χ2v) is 4.29. The van der Waals surface area contributed by atoms with Crippen molar-refractivity contribution in [3.63, 3.8) is 0 Å². The third-order valence-electron chi connectivity index (χ3n) is 2.93. The van der Waals surface area contributed by atoms with E-state index in [0.717, 1.165) is 25.7 Å². The SMILES string of the molecule is CCCC(CC)NC(=O)C1C=CC(N)C1. The van der Waals surface area contributed by atoms with Crippen molar-refractivity contribution in [2.75, 3.05) is 0 Å². The van der Waals surface area contributed by atoms with Crippen LogP contribution in [-0.2, 0) is 4.79 Å². The van der Waals surface area contributed by atoms with Crippen LogP contribution in [0.4, 0.5) is 0 Å². The minimum atomic E-state index is -0.00842. The first kappa shape index (κ1) is 12.2. The van der Waals surface area contributed by atoms with E-state index in [1.807, 2.05) is 12.2 Å². The standard InChI is InChI=1S/C12H22N2O/c1-3-5-11(4-2)14-12(15)9-6-7-10(13)8-9/h6-7,9-11H,3-5,8,13H2,1-2H3,(H,14,15). The molecule has 0 saturated carbocycles. The second kappa shape index (κ2) is 5.91. The van der Waals surface area contributed by atoms with Gasteiger partial charge in [0.2, 0.25) is 5.91 Å². The average Bonchev–Trinajstić information content (AvgIpc) is 2.64. The Bertz CT molecular complexity index is 238. The van der Waals surface area contributed by atoms with Gasteiger partial charge in [0.25, 0.3) is 0 Å². The van der Waals surface area contributed by atoms with Gasteiger partial charge in [-0.1, -0.05) is 32.4 Å². The van der Waals surface area contributed by atoms with E-state index in [2.05, 4.69) is 19.2 Å². The molecule has 0 aromatic rings. The molecule has 1 rings (SSSR count). The third-order valence-corrected chi connectivity index (χ3v) is 2.93. The van der Waals surface area contributed by atoms with Crippen LogP contribution < -0.4 is 11.1 Å². The molecule has 0 heterocycles. The molecule has 3 N–H and O–H groups in total. The van der Waals surface area contributed by atoms with Gasteiger partial charge in [0.15, 0.2) is 0 Å². The van der Waals surface area contributed by atoms with Crippen LogP contribution in [0.3, 0.4) is 0 Å². The van der Waals surface area contributed by atoms with Crippen molar-refractivity contribution >= 4 is 5.91 Å². The predicted molar refractivity (Wildman–Crippen MR) is 62.4 cm³/mol. The number of hydrogen-bond donors (Lipinski definition) is 2. The third kappa shape index (κ3) is 3.67. The van der Waals surface area contributed by atoms with Crippen LogP contribution in [0.2, 0.25) is 0 Å². The van der Waals surface area contributed by atoms with E-state index in [-0.39, 0.29) is 17.9 Å². The van der Waals surface area contributed by atoms with Gasteiger partial charge in [-0.05, 0) is 19.3 Å². The smallest absolute Gasteiger partial charge is 0.227 e. The van der Waals surface area contributed by atoms with Crippen LogP contribution in [0.15, 0.2) is 12.2 Å². The molecule has 1 aliphatic carbocycles. The predicted octanol–water partition coefficient (Wildman–Crippen LogP) is 1.58. The molecule has 3 unspecified atom stereocenters. The summed E-state index contributed by atoms with van der Waals surface area (Å²) in [6.45, 7) is 4.25. The van der Waals surface area contributed by atoms with Crippen molar-refractivity contribution in [1.29, 1.82) is 0 Å². The Kier molecular flexibility index (Phi) is 4.82. The average molecular weight is 210 g/mol. The highest BCUT2D eigenvalue weighted by Gasteiger charge is 2.23. The molecule has 0 saturated heterocycles. The molecule has 3 nitrogen and oxygen atoms in total. The summed E-state index contributed by atoms with van der Waals surface area (Å²) in [5.74, 6) is 0.130.